The van der Waals surface area contributed by atoms with Gasteiger partial charge >= 0.3 is 0 Å². The zero-order valence-corrected chi connectivity index (χ0v) is 33.4. The van der Waals surface area contributed by atoms with E-state index in [2.05, 4.69) is 26.0 Å². The highest BCUT2D eigenvalue weighted by atomic mass is 16.2. The fourth-order valence-corrected chi connectivity index (χ4v) is 11.5. The molecule has 1 saturated carbocycles. The van der Waals surface area contributed by atoms with Crippen LogP contribution in [0, 0.1) is 23.7 Å². The Balaban J connectivity index is 0.970. The maximum absolute atomic E-state index is 14.5. The molecule has 1 saturated heterocycles. The van der Waals surface area contributed by atoms with Crippen LogP contribution in [-0.4, -0.2) is 69.3 Å². The summed E-state index contributed by atoms with van der Waals surface area (Å²) in [5, 5.41) is 6.39. The average Bonchev–Trinajstić information content (AvgIpc) is 3.93. The van der Waals surface area contributed by atoms with Crippen LogP contribution in [-0.2, 0) is 9.59 Å². The van der Waals surface area contributed by atoms with Crippen LogP contribution in [0.25, 0.3) is 43.1 Å². The van der Waals surface area contributed by atoms with Crippen LogP contribution < -0.4 is 0 Å². The van der Waals surface area contributed by atoms with Crippen molar-refractivity contribution in [2.45, 2.75) is 96.9 Å². The zero-order valence-electron chi connectivity index (χ0n) is 33.4. The number of carbonyl (C=O) groups excluding carboxylic acids is 6. The lowest BCUT2D eigenvalue weighted by molar-refractivity contribution is -0.140. The third kappa shape index (κ3) is 5.27. The summed E-state index contributed by atoms with van der Waals surface area (Å²) < 4.78 is 0. The molecular weight excluding hydrogens is 727 g/mol. The lowest BCUT2D eigenvalue weighted by atomic mass is 9.82. The van der Waals surface area contributed by atoms with Gasteiger partial charge in [-0.05, 0) is 94.1 Å². The van der Waals surface area contributed by atoms with Gasteiger partial charge in [0.05, 0.1) is 11.8 Å². The molecule has 0 aromatic heterocycles. The number of hydrogen-bond donors (Lipinski definition) is 0. The highest BCUT2D eigenvalue weighted by Gasteiger charge is 2.59. The Hall–Kier alpha value is -5.44. The lowest BCUT2D eigenvalue weighted by Crippen LogP contribution is -2.47. The molecule has 296 valence electrons. The Morgan fingerprint density at radius 3 is 1.33 bits per heavy atom. The highest BCUT2D eigenvalue weighted by Crippen LogP contribution is 2.53. The van der Waals surface area contributed by atoms with Gasteiger partial charge in [0, 0.05) is 52.2 Å². The van der Waals surface area contributed by atoms with Crippen molar-refractivity contribution in [3.05, 3.63) is 82.9 Å². The molecule has 0 radical (unpaired) electrons. The van der Waals surface area contributed by atoms with Gasteiger partial charge in [0.15, 0.2) is 0 Å². The molecule has 5 aliphatic rings. The van der Waals surface area contributed by atoms with Gasteiger partial charge in [0.1, 0.15) is 0 Å². The van der Waals surface area contributed by atoms with Crippen LogP contribution in [0.4, 0.5) is 0 Å². The van der Waals surface area contributed by atoms with Gasteiger partial charge in [0.25, 0.3) is 23.6 Å². The van der Waals surface area contributed by atoms with Gasteiger partial charge < -0.3 is 0 Å². The number of unbranched alkanes of at least 4 members (excludes halogenated alkanes) is 6. The zero-order chi connectivity index (χ0) is 40.0. The van der Waals surface area contributed by atoms with E-state index >= 15 is 0 Å². The molecule has 4 unspecified atom stereocenters. The molecule has 3 heterocycles. The van der Waals surface area contributed by atoms with E-state index < -0.39 is 11.8 Å². The Morgan fingerprint density at radius 1 is 0.483 bits per heavy atom. The number of allylic oxidation sites excluding steroid dienone is 2. The first-order valence-corrected chi connectivity index (χ1v) is 21.7. The smallest absolute Gasteiger partial charge is 0.261 e. The second-order valence-corrected chi connectivity index (χ2v) is 17.4. The number of imide groups is 3. The molecule has 2 aliphatic carbocycles. The first-order valence-electron chi connectivity index (χ1n) is 21.7. The molecule has 2 fully saturated rings. The molecular formula is C49H49N3O6. The molecule has 6 amide bonds. The minimum Gasteiger partial charge on any atom is -0.282 e. The third-order valence-corrected chi connectivity index (χ3v) is 14.2. The third-order valence-electron chi connectivity index (χ3n) is 14.2. The van der Waals surface area contributed by atoms with Crippen molar-refractivity contribution < 1.29 is 28.8 Å². The quantitative estimate of drug-likeness (QED) is 0.0345. The van der Waals surface area contributed by atoms with E-state index in [1.807, 2.05) is 36.4 Å². The number of nitrogens with zero attached hydrogens (tertiary/aromatic N) is 3. The van der Waals surface area contributed by atoms with Gasteiger partial charge in [-0.25, -0.2) is 0 Å². The van der Waals surface area contributed by atoms with Crippen LogP contribution >= 0.6 is 0 Å². The lowest BCUT2D eigenvalue weighted by Gasteiger charge is -2.35. The van der Waals surface area contributed by atoms with Gasteiger partial charge in [0.2, 0.25) is 11.8 Å². The Bertz CT molecular complexity index is 2480. The summed E-state index contributed by atoms with van der Waals surface area (Å²) in [6.45, 7) is 4.63. The van der Waals surface area contributed by atoms with E-state index in [1.54, 1.807) is 17.0 Å². The molecule has 4 atom stereocenters. The maximum Gasteiger partial charge on any atom is 0.261 e. The van der Waals surface area contributed by atoms with E-state index in [-0.39, 0.29) is 66.4 Å². The van der Waals surface area contributed by atoms with Crippen LogP contribution in [0.15, 0.2) is 60.7 Å². The number of hydrogen-bond acceptors (Lipinski definition) is 6. The minimum absolute atomic E-state index is 0.0880. The maximum atomic E-state index is 14.5. The second kappa shape index (κ2) is 14.1. The summed E-state index contributed by atoms with van der Waals surface area (Å²) >= 11 is 0. The number of likely N-dealkylation sites (tertiary alicyclic amines) is 1. The van der Waals surface area contributed by atoms with Crippen molar-refractivity contribution in [3.63, 3.8) is 0 Å². The van der Waals surface area contributed by atoms with Gasteiger partial charge in [-0.3, -0.25) is 43.5 Å². The average molecular weight is 776 g/mol. The predicted octanol–water partition coefficient (Wildman–Crippen LogP) is 9.44. The molecule has 9 nitrogen and oxygen atoms in total. The van der Waals surface area contributed by atoms with Gasteiger partial charge in [-0.15, -0.1) is 0 Å². The van der Waals surface area contributed by atoms with E-state index in [4.69, 9.17) is 0 Å². The molecule has 10 rings (SSSR count). The molecule has 3 aliphatic heterocycles. The molecule has 0 N–H and O–H groups in total. The Labute approximate surface area is 337 Å². The topological polar surface area (TPSA) is 112 Å². The van der Waals surface area contributed by atoms with Crippen LogP contribution in [0.5, 0.6) is 0 Å². The van der Waals surface area contributed by atoms with Crippen molar-refractivity contribution in [2.75, 3.05) is 13.1 Å². The van der Waals surface area contributed by atoms with Crippen molar-refractivity contribution in [1.29, 1.82) is 0 Å². The number of amides is 6. The first kappa shape index (κ1) is 36.9. The Morgan fingerprint density at radius 2 is 0.897 bits per heavy atom. The summed E-state index contributed by atoms with van der Waals surface area (Å²) in [6.07, 6.45) is 15.6. The monoisotopic (exact) mass is 775 g/mol. The number of carbonyl (C=O) groups is 6. The SMILES string of the molecule is CCCCCCC(CCCCCC)N1C(=O)c2ccc3c4ccc5c6c(ccc(c7ccc(c2c37)C1=O)c64)C(=O)N(CCCN1C(=O)C2C3C=CC(C3)C2C1=O)C5=O. The number of benzene rings is 5. The highest BCUT2D eigenvalue weighted by molar-refractivity contribution is 6.41. The summed E-state index contributed by atoms with van der Waals surface area (Å²) in [6, 6.07) is 14.9. The minimum atomic E-state index is -0.398. The van der Waals surface area contributed by atoms with Crippen LogP contribution in [0.1, 0.15) is 132 Å². The summed E-state index contributed by atoms with van der Waals surface area (Å²) in [5.74, 6) is -1.80. The van der Waals surface area contributed by atoms with Crippen molar-refractivity contribution in [3.8, 4) is 0 Å². The fourth-order valence-electron chi connectivity index (χ4n) is 11.5. The van der Waals surface area contributed by atoms with Gasteiger partial charge in [-0.2, -0.15) is 0 Å². The molecule has 5 aromatic rings. The summed E-state index contributed by atoms with van der Waals surface area (Å²) in [5.41, 5.74) is 1.95. The van der Waals surface area contributed by atoms with E-state index in [0.717, 1.165) is 103 Å². The second-order valence-electron chi connectivity index (χ2n) is 17.4. The Kier molecular flexibility index (Phi) is 8.99. The van der Waals surface area contributed by atoms with Crippen LogP contribution in [0.2, 0.25) is 0 Å². The molecule has 2 bridgehead atoms. The normalized spacial score (nSPS) is 22.3. The molecule has 0 spiro atoms. The fraction of sp³-hybridized carbons (Fsp3) is 0.429. The van der Waals surface area contributed by atoms with E-state index in [0.29, 0.717) is 39.4 Å². The van der Waals surface area contributed by atoms with E-state index in [9.17, 15) is 28.8 Å². The largest absolute Gasteiger partial charge is 0.282 e. The molecule has 9 heteroatoms. The first-order chi connectivity index (χ1) is 28.2. The van der Waals surface area contributed by atoms with Crippen molar-refractivity contribution >= 4 is 78.5 Å². The van der Waals surface area contributed by atoms with Gasteiger partial charge in [-0.1, -0.05) is 102 Å². The summed E-state index contributed by atoms with van der Waals surface area (Å²) in [7, 11) is 0. The standard InChI is InChI=1S/C49H49N3O6/c1-3-5-7-9-12-29(13-10-8-6-4-2)52-46(55)36-22-18-32-30-16-20-34-42-35(21-17-31(40(30)42)33-19-23-37(47(52)56)43(36)41(32)33)45(54)50(44(34)53)24-11-25-51-48(57)38-27-14-15-28(26-27)39(38)49(51)58/h14-23,27-29,38-39H,3-13,24-26H2,1-2H3. The number of fused-ring (bicyclic) bond motifs is 7. The van der Waals surface area contributed by atoms with Crippen LogP contribution in [0.3, 0.4) is 0 Å². The molecule has 58 heavy (non-hydrogen) atoms. The summed E-state index contributed by atoms with van der Waals surface area (Å²) in [4.78, 5) is 88.0. The molecule has 5 aromatic carbocycles. The van der Waals surface area contributed by atoms with Crippen molar-refractivity contribution in [2.24, 2.45) is 23.7 Å². The predicted molar refractivity (Wildman–Crippen MR) is 224 cm³/mol. The number of rotatable bonds is 15. The van der Waals surface area contributed by atoms with E-state index in [1.165, 1.54) is 9.80 Å². The van der Waals surface area contributed by atoms with Crippen molar-refractivity contribution in [1.82, 2.24) is 14.7 Å².